The van der Waals surface area contributed by atoms with Gasteiger partial charge in [0.1, 0.15) is 5.82 Å². The van der Waals surface area contributed by atoms with E-state index in [0.29, 0.717) is 6.61 Å². The highest BCUT2D eigenvalue weighted by Crippen LogP contribution is 2.31. The monoisotopic (exact) mass is 279 g/mol. The number of hydrogen-bond acceptors (Lipinski definition) is 3. The lowest BCUT2D eigenvalue weighted by Gasteiger charge is -2.28. The maximum atomic E-state index is 13.5. The molecule has 0 aromatic heterocycles. The molecule has 0 N–H and O–H groups in total. The summed E-state index contributed by atoms with van der Waals surface area (Å²) in [6.07, 6.45) is 2.56. The molecule has 3 nitrogen and oxygen atoms in total. The van der Waals surface area contributed by atoms with Gasteiger partial charge < -0.3 is 4.74 Å². The van der Waals surface area contributed by atoms with Crippen molar-refractivity contribution >= 4 is 5.97 Å². The Labute approximate surface area is 119 Å². The second-order valence-electron chi connectivity index (χ2n) is 5.27. The summed E-state index contributed by atoms with van der Waals surface area (Å²) in [4.78, 5) is 14.1. The van der Waals surface area contributed by atoms with Crippen molar-refractivity contribution in [1.82, 2.24) is 4.90 Å². The van der Waals surface area contributed by atoms with Crippen LogP contribution in [0.4, 0.5) is 4.39 Å². The molecule has 0 aliphatic carbocycles. The van der Waals surface area contributed by atoms with E-state index in [4.69, 9.17) is 4.74 Å². The molecule has 4 heteroatoms. The molecule has 1 fully saturated rings. The molecule has 20 heavy (non-hydrogen) atoms. The lowest BCUT2D eigenvalue weighted by molar-refractivity contribution is -0.144. The molecule has 0 radical (unpaired) electrons. The maximum absolute atomic E-state index is 13.5. The largest absolute Gasteiger partial charge is 0.466 e. The van der Waals surface area contributed by atoms with Crippen LogP contribution in [-0.2, 0) is 9.53 Å². The summed E-state index contributed by atoms with van der Waals surface area (Å²) < 4.78 is 18.6. The first-order chi connectivity index (χ1) is 9.61. The van der Waals surface area contributed by atoms with E-state index >= 15 is 0 Å². The molecule has 2 rings (SSSR count). The van der Waals surface area contributed by atoms with Crippen LogP contribution in [0.1, 0.15) is 43.4 Å². The molecule has 1 heterocycles. The molecule has 110 valence electrons. The van der Waals surface area contributed by atoms with Crippen molar-refractivity contribution in [3.05, 3.63) is 35.1 Å². The van der Waals surface area contributed by atoms with E-state index in [1.165, 1.54) is 6.07 Å². The average Bonchev–Trinajstić information content (AvgIpc) is 2.93. The third kappa shape index (κ3) is 3.57. The zero-order chi connectivity index (χ0) is 14.5. The minimum absolute atomic E-state index is 0.0766. The third-order valence-corrected chi connectivity index (χ3v) is 3.85. The fourth-order valence-corrected chi connectivity index (χ4v) is 2.84. The number of esters is 1. The van der Waals surface area contributed by atoms with Crippen molar-refractivity contribution in [2.24, 2.45) is 0 Å². The SMILES string of the molecule is CCOC(=O)CC(c1cc(F)ccc1C)N1CCCC1. The van der Waals surface area contributed by atoms with Crippen molar-refractivity contribution in [2.75, 3.05) is 19.7 Å². The number of carbonyl (C=O) groups is 1. The van der Waals surface area contributed by atoms with E-state index < -0.39 is 0 Å². The lowest BCUT2D eigenvalue weighted by Crippen LogP contribution is -2.29. The van der Waals surface area contributed by atoms with Crippen LogP contribution in [0, 0.1) is 12.7 Å². The van der Waals surface area contributed by atoms with Gasteiger partial charge in [-0.3, -0.25) is 9.69 Å². The molecule has 1 atom stereocenters. The first-order valence-corrected chi connectivity index (χ1v) is 7.27. The van der Waals surface area contributed by atoms with E-state index in [2.05, 4.69) is 4.90 Å². The van der Waals surface area contributed by atoms with Crippen LogP contribution in [0.15, 0.2) is 18.2 Å². The molecule has 1 aromatic carbocycles. The predicted octanol–water partition coefficient (Wildman–Crippen LogP) is 3.22. The predicted molar refractivity (Wildman–Crippen MR) is 75.9 cm³/mol. The third-order valence-electron chi connectivity index (χ3n) is 3.85. The fraction of sp³-hybridized carbons (Fsp3) is 0.562. The second kappa shape index (κ2) is 6.84. The summed E-state index contributed by atoms with van der Waals surface area (Å²) in [5, 5.41) is 0. The molecule has 1 unspecified atom stereocenters. The second-order valence-corrected chi connectivity index (χ2v) is 5.27. The number of hydrogen-bond donors (Lipinski definition) is 0. The highest BCUT2D eigenvalue weighted by molar-refractivity contribution is 5.70. The minimum atomic E-state index is -0.251. The Morgan fingerprint density at radius 3 is 2.75 bits per heavy atom. The van der Waals surface area contributed by atoms with E-state index in [0.717, 1.165) is 37.1 Å². The Hall–Kier alpha value is -1.42. The molecule has 1 aliphatic rings. The first kappa shape index (κ1) is 15.0. The first-order valence-electron chi connectivity index (χ1n) is 7.27. The molecule has 0 spiro atoms. The van der Waals surface area contributed by atoms with Gasteiger partial charge in [0.15, 0.2) is 0 Å². The highest BCUT2D eigenvalue weighted by atomic mass is 19.1. The van der Waals surface area contributed by atoms with Crippen molar-refractivity contribution < 1.29 is 13.9 Å². The lowest BCUT2D eigenvalue weighted by atomic mass is 9.97. The number of benzene rings is 1. The molecule has 0 bridgehead atoms. The molecule has 0 saturated carbocycles. The van der Waals surface area contributed by atoms with Crippen LogP contribution in [0.2, 0.25) is 0 Å². The Morgan fingerprint density at radius 1 is 1.40 bits per heavy atom. The summed E-state index contributed by atoms with van der Waals surface area (Å²) in [6.45, 7) is 6.06. The highest BCUT2D eigenvalue weighted by Gasteiger charge is 2.27. The Kier molecular flexibility index (Phi) is 5.12. The molecule has 1 saturated heterocycles. The van der Waals surface area contributed by atoms with Gasteiger partial charge in [-0.05, 0) is 63.0 Å². The number of carbonyl (C=O) groups excluding carboxylic acids is 1. The summed E-state index contributed by atoms with van der Waals surface area (Å²) >= 11 is 0. The number of ether oxygens (including phenoxy) is 1. The quantitative estimate of drug-likeness (QED) is 0.775. The minimum Gasteiger partial charge on any atom is -0.466 e. The van der Waals surface area contributed by atoms with Gasteiger partial charge in [-0.15, -0.1) is 0 Å². The fourth-order valence-electron chi connectivity index (χ4n) is 2.84. The van der Waals surface area contributed by atoms with Crippen LogP contribution < -0.4 is 0 Å². The molecular weight excluding hydrogens is 257 g/mol. The van der Waals surface area contributed by atoms with Gasteiger partial charge in [0.25, 0.3) is 0 Å². The summed E-state index contributed by atoms with van der Waals surface area (Å²) in [7, 11) is 0. The van der Waals surface area contributed by atoms with Crippen molar-refractivity contribution in [2.45, 2.75) is 39.2 Å². The smallest absolute Gasteiger partial charge is 0.307 e. The molecule has 0 amide bonds. The van der Waals surface area contributed by atoms with Crippen molar-refractivity contribution in [3.63, 3.8) is 0 Å². The van der Waals surface area contributed by atoms with Crippen LogP contribution in [-0.4, -0.2) is 30.6 Å². The molecule has 1 aliphatic heterocycles. The van der Waals surface area contributed by atoms with Gasteiger partial charge in [0.05, 0.1) is 13.0 Å². The van der Waals surface area contributed by atoms with Gasteiger partial charge in [-0.2, -0.15) is 0 Å². The van der Waals surface area contributed by atoms with Crippen LogP contribution in [0.5, 0.6) is 0 Å². The van der Waals surface area contributed by atoms with E-state index in [9.17, 15) is 9.18 Å². The van der Waals surface area contributed by atoms with Crippen molar-refractivity contribution in [3.8, 4) is 0 Å². The number of rotatable bonds is 5. The maximum Gasteiger partial charge on any atom is 0.307 e. The standard InChI is InChI=1S/C16H22FNO2/c1-3-20-16(19)11-15(18-8-4-5-9-18)14-10-13(17)7-6-12(14)2/h6-7,10,15H,3-5,8-9,11H2,1-2H3. The molecular formula is C16H22FNO2. The number of likely N-dealkylation sites (tertiary alicyclic amines) is 1. The van der Waals surface area contributed by atoms with Gasteiger partial charge >= 0.3 is 5.97 Å². The van der Waals surface area contributed by atoms with Gasteiger partial charge in [0.2, 0.25) is 0 Å². The topological polar surface area (TPSA) is 29.5 Å². The average molecular weight is 279 g/mol. The number of halogens is 1. The normalized spacial score (nSPS) is 17.1. The van der Waals surface area contributed by atoms with Gasteiger partial charge in [-0.1, -0.05) is 6.07 Å². The number of aryl methyl sites for hydroxylation is 1. The Bertz CT molecular complexity index is 470. The summed E-state index contributed by atoms with van der Waals surface area (Å²) in [5.41, 5.74) is 1.92. The van der Waals surface area contributed by atoms with E-state index in [1.54, 1.807) is 19.1 Å². The summed E-state index contributed by atoms with van der Waals surface area (Å²) in [6, 6.07) is 4.72. The van der Waals surface area contributed by atoms with Crippen LogP contribution in [0.25, 0.3) is 0 Å². The Morgan fingerprint density at radius 2 is 2.10 bits per heavy atom. The summed E-state index contributed by atoms with van der Waals surface area (Å²) in [5.74, 6) is -0.466. The van der Waals surface area contributed by atoms with E-state index in [-0.39, 0.29) is 24.2 Å². The van der Waals surface area contributed by atoms with Gasteiger partial charge in [0, 0.05) is 6.04 Å². The van der Waals surface area contributed by atoms with Gasteiger partial charge in [-0.25, -0.2) is 4.39 Å². The zero-order valence-corrected chi connectivity index (χ0v) is 12.2. The van der Waals surface area contributed by atoms with Crippen LogP contribution >= 0.6 is 0 Å². The number of nitrogens with zero attached hydrogens (tertiary/aromatic N) is 1. The van der Waals surface area contributed by atoms with Crippen LogP contribution in [0.3, 0.4) is 0 Å². The van der Waals surface area contributed by atoms with Crippen molar-refractivity contribution in [1.29, 1.82) is 0 Å². The molecule has 1 aromatic rings. The Balaban J connectivity index is 2.25. The van der Waals surface area contributed by atoms with E-state index in [1.807, 2.05) is 6.92 Å². The zero-order valence-electron chi connectivity index (χ0n) is 12.2.